The van der Waals surface area contributed by atoms with E-state index in [0.29, 0.717) is 0 Å². The van der Waals surface area contributed by atoms with E-state index in [1.807, 2.05) is 0 Å². The Hall–Kier alpha value is -2.45. The standard InChI is InChI=1S/C9H7F3N6/c10-9(11,12)6-2-4-18(17-6)8-15-3-1-5(16-8)7(13)14/h1-4H,(H3,13,14). The number of alkyl halides is 3. The summed E-state index contributed by atoms with van der Waals surface area (Å²) in [6.07, 6.45) is -2.15. The van der Waals surface area contributed by atoms with Gasteiger partial charge in [-0.05, 0) is 12.1 Å². The lowest BCUT2D eigenvalue weighted by Crippen LogP contribution is -2.15. The molecule has 0 aromatic carbocycles. The van der Waals surface area contributed by atoms with Crippen molar-refractivity contribution in [2.45, 2.75) is 6.18 Å². The van der Waals surface area contributed by atoms with Crippen molar-refractivity contribution >= 4 is 5.84 Å². The highest BCUT2D eigenvalue weighted by atomic mass is 19.4. The van der Waals surface area contributed by atoms with Crippen LogP contribution < -0.4 is 5.73 Å². The first kappa shape index (κ1) is 12.0. The Morgan fingerprint density at radius 1 is 1.33 bits per heavy atom. The summed E-state index contributed by atoms with van der Waals surface area (Å²) < 4.78 is 37.9. The van der Waals surface area contributed by atoms with Crippen molar-refractivity contribution in [3.8, 4) is 5.95 Å². The minimum Gasteiger partial charge on any atom is -0.382 e. The molecule has 2 aromatic rings. The minimum atomic E-state index is -4.52. The first-order valence-electron chi connectivity index (χ1n) is 4.68. The van der Waals surface area contributed by atoms with E-state index in [2.05, 4.69) is 15.1 Å². The number of aromatic nitrogens is 4. The molecule has 0 aliphatic carbocycles. The fourth-order valence-electron chi connectivity index (χ4n) is 1.20. The average Bonchev–Trinajstić information content (AvgIpc) is 2.78. The van der Waals surface area contributed by atoms with Crippen molar-refractivity contribution in [3.63, 3.8) is 0 Å². The molecular formula is C9H7F3N6. The largest absolute Gasteiger partial charge is 0.435 e. The maximum atomic E-state index is 12.4. The normalized spacial score (nSPS) is 11.5. The Labute approximate surface area is 98.8 Å². The average molecular weight is 256 g/mol. The van der Waals surface area contributed by atoms with E-state index in [1.165, 1.54) is 12.3 Å². The zero-order valence-electron chi connectivity index (χ0n) is 8.81. The zero-order chi connectivity index (χ0) is 13.3. The van der Waals surface area contributed by atoms with Crippen LogP contribution >= 0.6 is 0 Å². The molecule has 2 aromatic heterocycles. The van der Waals surface area contributed by atoms with Gasteiger partial charge in [0.1, 0.15) is 11.5 Å². The molecule has 3 N–H and O–H groups in total. The van der Waals surface area contributed by atoms with Crippen LogP contribution in [0.2, 0.25) is 0 Å². The molecule has 2 rings (SSSR count). The van der Waals surface area contributed by atoms with E-state index in [0.717, 1.165) is 16.9 Å². The van der Waals surface area contributed by atoms with Crippen molar-refractivity contribution in [1.29, 1.82) is 5.41 Å². The molecule has 6 nitrogen and oxygen atoms in total. The molecule has 0 spiro atoms. The number of hydrogen-bond acceptors (Lipinski definition) is 4. The molecule has 0 saturated heterocycles. The first-order valence-corrected chi connectivity index (χ1v) is 4.68. The van der Waals surface area contributed by atoms with E-state index in [1.54, 1.807) is 0 Å². The number of nitrogen functional groups attached to an aromatic ring is 1. The van der Waals surface area contributed by atoms with Crippen LogP contribution in [-0.2, 0) is 6.18 Å². The number of rotatable bonds is 2. The lowest BCUT2D eigenvalue weighted by molar-refractivity contribution is -0.141. The summed E-state index contributed by atoms with van der Waals surface area (Å²) in [5.74, 6) is -0.389. The van der Waals surface area contributed by atoms with Gasteiger partial charge in [-0.2, -0.15) is 18.3 Å². The van der Waals surface area contributed by atoms with Crippen molar-refractivity contribution in [2.75, 3.05) is 0 Å². The number of nitrogens with one attached hydrogen (secondary N) is 1. The van der Waals surface area contributed by atoms with Crippen molar-refractivity contribution in [2.24, 2.45) is 5.73 Å². The summed E-state index contributed by atoms with van der Waals surface area (Å²) in [7, 11) is 0. The lowest BCUT2D eigenvalue weighted by Gasteiger charge is -2.03. The van der Waals surface area contributed by atoms with Gasteiger partial charge in [0.25, 0.3) is 5.95 Å². The number of amidine groups is 1. The molecule has 18 heavy (non-hydrogen) atoms. The Balaban J connectivity index is 2.40. The smallest absolute Gasteiger partial charge is 0.382 e. The highest BCUT2D eigenvalue weighted by Crippen LogP contribution is 2.27. The van der Waals surface area contributed by atoms with Crippen LogP contribution in [0.5, 0.6) is 0 Å². The third kappa shape index (κ3) is 2.29. The van der Waals surface area contributed by atoms with Crippen molar-refractivity contribution in [3.05, 3.63) is 35.9 Å². The van der Waals surface area contributed by atoms with E-state index in [9.17, 15) is 13.2 Å². The maximum Gasteiger partial charge on any atom is 0.435 e. The van der Waals surface area contributed by atoms with Crippen LogP contribution in [-0.4, -0.2) is 25.6 Å². The van der Waals surface area contributed by atoms with Gasteiger partial charge in [0.15, 0.2) is 5.69 Å². The summed E-state index contributed by atoms with van der Waals surface area (Å²) >= 11 is 0. The molecule has 9 heteroatoms. The molecular weight excluding hydrogens is 249 g/mol. The van der Waals surface area contributed by atoms with E-state index in [-0.39, 0.29) is 17.5 Å². The van der Waals surface area contributed by atoms with Crippen LogP contribution in [0.25, 0.3) is 5.95 Å². The van der Waals surface area contributed by atoms with Gasteiger partial charge in [0.05, 0.1) is 0 Å². The molecule has 2 heterocycles. The Kier molecular flexibility index (Phi) is 2.73. The molecule has 94 valence electrons. The summed E-state index contributed by atoms with van der Waals surface area (Å²) in [6, 6.07) is 2.18. The van der Waals surface area contributed by atoms with Gasteiger partial charge >= 0.3 is 6.18 Å². The van der Waals surface area contributed by atoms with E-state index >= 15 is 0 Å². The summed E-state index contributed by atoms with van der Waals surface area (Å²) in [5.41, 5.74) is 4.29. The predicted octanol–water partition coefficient (Wildman–Crippen LogP) is 0.965. The third-order valence-electron chi connectivity index (χ3n) is 2.00. The molecule has 0 aliphatic heterocycles. The van der Waals surface area contributed by atoms with E-state index < -0.39 is 11.9 Å². The zero-order valence-corrected chi connectivity index (χ0v) is 8.81. The van der Waals surface area contributed by atoms with Gasteiger partial charge in [-0.15, -0.1) is 0 Å². The molecule has 0 unspecified atom stereocenters. The van der Waals surface area contributed by atoms with Gasteiger partial charge in [-0.25, -0.2) is 14.6 Å². The van der Waals surface area contributed by atoms with Gasteiger partial charge < -0.3 is 5.73 Å². The topological polar surface area (TPSA) is 93.5 Å². The third-order valence-corrected chi connectivity index (χ3v) is 2.00. The van der Waals surface area contributed by atoms with Crippen molar-refractivity contribution in [1.82, 2.24) is 19.7 Å². The number of nitrogens with zero attached hydrogens (tertiary/aromatic N) is 4. The molecule has 0 fully saturated rings. The number of hydrogen-bond donors (Lipinski definition) is 2. The monoisotopic (exact) mass is 256 g/mol. The molecule has 0 aliphatic rings. The van der Waals surface area contributed by atoms with Gasteiger partial charge in [0.2, 0.25) is 0 Å². The molecule has 0 bridgehead atoms. The summed E-state index contributed by atoms with van der Waals surface area (Å²) in [6.45, 7) is 0. The van der Waals surface area contributed by atoms with Crippen molar-refractivity contribution < 1.29 is 13.2 Å². The minimum absolute atomic E-state index is 0.0850. The Morgan fingerprint density at radius 3 is 2.61 bits per heavy atom. The highest BCUT2D eigenvalue weighted by Gasteiger charge is 2.33. The molecule has 0 saturated carbocycles. The molecule has 0 radical (unpaired) electrons. The van der Waals surface area contributed by atoms with Crippen LogP contribution in [0.15, 0.2) is 24.5 Å². The van der Waals surface area contributed by atoms with Crippen LogP contribution in [0.1, 0.15) is 11.4 Å². The maximum absolute atomic E-state index is 12.4. The summed E-state index contributed by atoms with van der Waals surface area (Å²) in [5, 5.41) is 10.5. The fourth-order valence-corrected chi connectivity index (χ4v) is 1.20. The second-order valence-electron chi connectivity index (χ2n) is 3.30. The first-order chi connectivity index (χ1) is 8.38. The van der Waals surface area contributed by atoms with E-state index in [4.69, 9.17) is 11.1 Å². The van der Waals surface area contributed by atoms with Crippen LogP contribution in [0.4, 0.5) is 13.2 Å². The second kappa shape index (κ2) is 4.09. The molecule has 0 amide bonds. The van der Waals surface area contributed by atoms with Crippen LogP contribution in [0.3, 0.4) is 0 Å². The Morgan fingerprint density at radius 2 is 2.06 bits per heavy atom. The molecule has 0 atom stereocenters. The highest BCUT2D eigenvalue weighted by molar-refractivity contribution is 5.92. The second-order valence-corrected chi connectivity index (χ2v) is 3.30. The summed E-state index contributed by atoms with van der Waals surface area (Å²) in [4.78, 5) is 7.57. The van der Waals surface area contributed by atoms with Gasteiger partial charge in [-0.3, -0.25) is 5.41 Å². The van der Waals surface area contributed by atoms with Gasteiger partial charge in [0, 0.05) is 12.4 Å². The predicted molar refractivity (Wildman–Crippen MR) is 55.2 cm³/mol. The number of nitrogens with two attached hydrogens (primary N) is 1. The number of halogens is 3. The lowest BCUT2D eigenvalue weighted by atomic mass is 10.4. The van der Waals surface area contributed by atoms with Gasteiger partial charge in [-0.1, -0.05) is 0 Å². The Bertz CT molecular complexity index is 588. The SMILES string of the molecule is N=C(N)c1ccnc(-n2ccc(C(F)(F)F)n2)n1. The van der Waals surface area contributed by atoms with Crippen LogP contribution in [0, 0.1) is 5.41 Å². The quantitative estimate of drug-likeness (QED) is 0.618. The fraction of sp³-hybridized carbons (Fsp3) is 0.111.